The number of hydrogen-bond donors (Lipinski definition) is 5. The molecule has 18 rings (SSSR count). The molecule has 0 aliphatic carbocycles. The zero-order valence-electron chi connectivity index (χ0n) is 74.6. The Morgan fingerprint density at radius 1 is 0.459 bits per heavy atom. The van der Waals surface area contributed by atoms with E-state index >= 15 is 0 Å². The number of benzene rings is 8. The number of carbonyl (C=O) groups is 3. The van der Waals surface area contributed by atoms with E-state index in [1.807, 2.05) is 170 Å². The molecule has 7 aromatic heterocycles. The second-order valence-electron chi connectivity index (χ2n) is 34.1. The molecule has 30 heteroatoms. The van der Waals surface area contributed by atoms with Crippen molar-refractivity contribution >= 4 is 35.2 Å². The molecule has 133 heavy (non-hydrogen) atoms. The summed E-state index contributed by atoms with van der Waals surface area (Å²) in [6.45, 7) is 17.3. The van der Waals surface area contributed by atoms with E-state index in [9.17, 15) is 46.5 Å². The lowest BCUT2D eigenvalue weighted by Gasteiger charge is -2.30. The third kappa shape index (κ3) is 18.6. The lowest BCUT2D eigenvalue weighted by atomic mass is 9.92. The van der Waals surface area contributed by atoms with E-state index in [1.165, 1.54) is 42.7 Å². The minimum atomic E-state index is -4.83. The number of carbonyl (C=O) groups excluding carboxylic acids is 3. The molecule has 6 amide bonds. The number of anilines is 3. The highest BCUT2D eigenvalue weighted by molar-refractivity contribution is 5.94. The molecule has 674 valence electrons. The molecule has 0 bridgehead atoms. The number of rotatable bonds is 22. The van der Waals surface area contributed by atoms with Gasteiger partial charge in [-0.1, -0.05) is 158 Å². The fraction of sp³-hybridized carbons (Fsp3) is 0.262. The zero-order chi connectivity index (χ0) is 92.8. The van der Waals surface area contributed by atoms with Crippen LogP contribution in [0.1, 0.15) is 145 Å². The van der Waals surface area contributed by atoms with Crippen LogP contribution in [0.2, 0.25) is 0 Å². The minimum Gasteiger partial charge on any atom is -0.382 e. The van der Waals surface area contributed by atoms with Crippen LogP contribution >= 0.6 is 0 Å². The number of amides is 6. The SMILES string of the molecule is CCc1cc(NC(=O)N2CCc3nc(-c4c(C)noc4Cc4ccc(-c5nc(-c6c(C)noc6Cc6cccc(-c7nc(-c8cncnc8)nc8c7CN(C(=O)Nc7cc(CC)cc(-c9ccc([C@@H](O)C(F)(F)F)cc9)c7)CC8)c6C)nc6c5CN(C(=O)Nc5cc(CC)cc(-c7ccc(C(O)C(F)F)cc7)c5)CC6)c(C)c4)nc(-c4ccccc4C)c3C2)cc(-c2cnn(C)c2)c1. The number of fused-ring (bicyclic) bond motifs is 3. The molecule has 15 aromatic rings. The van der Waals surface area contributed by atoms with Crippen molar-refractivity contribution in [2.24, 2.45) is 7.05 Å². The lowest BCUT2D eigenvalue weighted by Crippen LogP contribution is -2.39. The molecule has 0 spiro atoms. The van der Waals surface area contributed by atoms with E-state index in [0.717, 1.165) is 112 Å². The van der Waals surface area contributed by atoms with Crippen LogP contribution in [0, 0.1) is 34.6 Å². The Kier molecular flexibility index (Phi) is 24.8. The van der Waals surface area contributed by atoms with E-state index in [2.05, 4.69) is 60.4 Å². The highest BCUT2D eigenvalue weighted by Gasteiger charge is 2.40. The maximum absolute atomic E-state index is 15.0. The standard InChI is InChI=1S/C103H95F5N18O7/c1-10-61-37-70(65-21-25-67(26-22-65)94(127)96(104)105)44-75(40-61)112-100(129)125-35-32-86-82(53-125)92(79-29-20-64(36-57(79)5)43-87-89(59(7)121-132-87)98-116-85-31-34-124(52-81(85)91(119-98)78-18-14-13-16-56(78)4)102(131)114-77-42-63(12-3)39-72(46-77)74-50-111-123(9)51-74)120-99(117-86)90-60(8)122-133-88(90)47-69-17-15-19-80(58(69)6)93-83-54-126(33-30-84(83)115-97(118-93)73-48-109-55-110-49-73)101(130)113-76-41-62(11-2)38-71(45-76)66-23-27-68(28-24-66)95(128)103(106,107)108/h13-29,36-42,44-46,48-51,55,94-96,127-128H,10-12,30-35,43,47,52-54H2,1-9H3,(H,112,129)(H,113,130)(H,114,131)/t94?,95-/m1/s1. The summed E-state index contributed by atoms with van der Waals surface area (Å²) in [5.41, 5.74) is 25.2. The maximum atomic E-state index is 15.0. The summed E-state index contributed by atoms with van der Waals surface area (Å²) >= 11 is 0. The Hall–Kier alpha value is -14.9. The molecule has 0 radical (unpaired) electrons. The molecular formula is C103H95F5N18O7. The van der Waals surface area contributed by atoms with Crippen LogP contribution in [0.25, 0.3) is 101 Å². The molecule has 25 nitrogen and oxygen atoms in total. The van der Waals surface area contributed by atoms with E-state index < -0.39 is 30.8 Å². The fourth-order valence-electron chi connectivity index (χ4n) is 17.9. The van der Waals surface area contributed by atoms with Crippen LogP contribution in [0.5, 0.6) is 0 Å². The number of alkyl halides is 5. The van der Waals surface area contributed by atoms with E-state index in [0.29, 0.717) is 159 Å². The molecule has 0 saturated carbocycles. The van der Waals surface area contributed by atoms with Crippen molar-refractivity contribution in [2.45, 2.75) is 151 Å². The normalized spacial score (nSPS) is 13.6. The summed E-state index contributed by atoms with van der Waals surface area (Å²) in [6, 6.07) is 48.4. The Balaban J connectivity index is 0.662. The zero-order valence-corrected chi connectivity index (χ0v) is 74.6. The van der Waals surface area contributed by atoms with Gasteiger partial charge in [-0.2, -0.15) is 18.3 Å². The van der Waals surface area contributed by atoms with Crippen molar-refractivity contribution in [3.05, 3.63) is 307 Å². The smallest absolute Gasteiger partial charge is 0.382 e. The summed E-state index contributed by atoms with van der Waals surface area (Å²) in [5, 5.41) is 43.2. The lowest BCUT2D eigenvalue weighted by molar-refractivity contribution is -0.206. The van der Waals surface area contributed by atoms with Gasteiger partial charge in [0.1, 0.15) is 12.4 Å². The first-order chi connectivity index (χ1) is 64.2. The van der Waals surface area contributed by atoms with Gasteiger partial charge < -0.3 is 49.9 Å². The molecule has 8 aromatic carbocycles. The number of aliphatic hydroxyl groups excluding tert-OH is 2. The number of nitrogens with zero attached hydrogens (tertiary/aromatic N) is 15. The summed E-state index contributed by atoms with van der Waals surface area (Å²) < 4.78 is 82.1. The molecular weight excluding hydrogens is 1700 g/mol. The monoisotopic (exact) mass is 1790 g/mol. The number of aryl methyl sites for hydroxylation is 8. The molecule has 3 aliphatic heterocycles. The second kappa shape index (κ2) is 37.2. The van der Waals surface area contributed by atoms with Crippen LogP contribution in [0.4, 0.5) is 53.4 Å². The quantitative estimate of drug-likeness (QED) is 0.0394. The minimum absolute atomic E-state index is 0.0859. The summed E-state index contributed by atoms with van der Waals surface area (Å²) in [6.07, 6.45) is -0.193. The van der Waals surface area contributed by atoms with Gasteiger partial charge in [-0.3, -0.25) is 4.68 Å². The van der Waals surface area contributed by atoms with Gasteiger partial charge >= 0.3 is 24.3 Å². The average Bonchev–Trinajstić information content (AvgIpc) is 1.75. The molecule has 3 aliphatic rings. The Bertz CT molecular complexity index is 7000. The van der Waals surface area contributed by atoms with Gasteiger partial charge in [0.15, 0.2) is 35.1 Å². The molecule has 0 saturated heterocycles. The number of urea groups is 3. The fourth-order valence-corrected chi connectivity index (χ4v) is 17.9. The van der Waals surface area contributed by atoms with Crippen molar-refractivity contribution in [2.75, 3.05) is 35.6 Å². The van der Waals surface area contributed by atoms with Crippen LogP contribution < -0.4 is 16.0 Å². The predicted molar refractivity (Wildman–Crippen MR) is 496 cm³/mol. The largest absolute Gasteiger partial charge is 0.418 e. The van der Waals surface area contributed by atoms with Crippen LogP contribution in [0.3, 0.4) is 0 Å². The van der Waals surface area contributed by atoms with Gasteiger partial charge in [-0.25, -0.2) is 63.0 Å². The van der Waals surface area contributed by atoms with Crippen LogP contribution in [-0.2, 0) is 78.0 Å². The van der Waals surface area contributed by atoms with Crippen molar-refractivity contribution < 1.29 is 55.6 Å². The third-order valence-electron chi connectivity index (χ3n) is 25.2. The third-order valence-corrected chi connectivity index (χ3v) is 25.2. The molecule has 0 fully saturated rings. The second-order valence-corrected chi connectivity index (χ2v) is 34.1. The van der Waals surface area contributed by atoms with Gasteiger partial charge in [-0.15, -0.1) is 0 Å². The van der Waals surface area contributed by atoms with Gasteiger partial charge in [0.2, 0.25) is 0 Å². The Morgan fingerprint density at radius 2 is 0.910 bits per heavy atom. The summed E-state index contributed by atoms with van der Waals surface area (Å²) in [4.78, 5) is 90.0. The molecule has 5 N–H and O–H groups in total. The molecule has 2 atom stereocenters. The highest BCUT2D eigenvalue weighted by atomic mass is 19.4. The highest BCUT2D eigenvalue weighted by Crippen LogP contribution is 2.43. The van der Waals surface area contributed by atoms with Crippen molar-refractivity contribution in [3.8, 4) is 101 Å². The van der Waals surface area contributed by atoms with Gasteiger partial charge in [0, 0.05) is 133 Å². The predicted octanol–water partition coefficient (Wildman–Crippen LogP) is 20.6. The number of aromatic nitrogens is 12. The molecule has 1 unspecified atom stereocenters. The Morgan fingerprint density at radius 3 is 1.38 bits per heavy atom. The molecule has 10 heterocycles. The number of hydrogen-bond acceptors (Lipinski definition) is 18. The van der Waals surface area contributed by atoms with E-state index in [-0.39, 0.29) is 62.2 Å². The summed E-state index contributed by atoms with van der Waals surface area (Å²) in [7, 11) is 1.88. The number of halogens is 5. The number of nitrogens with one attached hydrogen (secondary N) is 3. The first-order valence-corrected chi connectivity index (χ1v) is 44.3. The van der Waals surface area contributed by atoms with Crippen LogP contribution in [-0.4, -0.2) is 135 Å². The topological polar surface area (TPSA) is 310 Å². The van der Waals surface area contributed by atoms with Crippen molar-refractivity contribution in [1.29, 1.82) is 0 Å². The van der Waals surface area contributed by atoms with Crippen molar-refractivity contribution in [1.82, 2.24) is 74.7 Å². The van der Waals surface area contributed by atoms with Gasteiger partial charge in [0.05, 0.1) is 88.1 Å². The Labute approximate surface area is 763 Å². The maximum Gasteiger partial charge on any atom is 0.418 e. The van der Waals surface area contributed by atoms with E-state index in [1.54, 1.807) is 45.1 Å². The van der Waals surface area contributed by atoms with Gasteiger partial charge in [-0.05, 0) is 174 Å². The average molecular weight is 1790 g/mol. The van der Waals surface area contributed by atoms with Crippen LogP contribution in [0.15, 0.2) is 204 Å². The van der Waals surface area contributed by atoms with E-state index in [4.69, 9.17) is 39.0 Å². The van der Waals surface area contributed by atoms with Crippen molar-refractivity contribution in [3.63, 3.8) is 0 Å². The first kappa shape index (κ1) is 88.7. The first-order valence-electron chi connectivity index (χ1n) is 44.3. The van der Waals surface area contributed by atoms with Gasteiger partial charge in [0.25, 0.3) is 6.43 Å². The number of aliphatic hydroxyl groups is 2. The summed E-state index contributed by atoms with van der Waals surface area (Å²) in [5.74, 6) is 2.22.